The summed E-state index contributed by atoms with van der Waals surface area (Å²) in [5.74, 6) is 0. The summed E-state index contributed by atoms with van der Waals surface area (Å²) in [5, 5.41) is 9.55. The number of hydrogen-bond acceptors (Lipinski definition) is 6. The quantitative estimate of drug-likeness (QED) is 0.648. The first-order valence-electron chi connectivity index (χ1n) is 8.22. The second-order valence-corrected chi connectivity index (χ2v) is 7.30. The molecule has 2 rings (SSSR count). The first-order valence-corrected chi connectivity index (χ1v) is 8.59. The molecule has 2 heterocycles. The molecule has 1 fully saturated rings. The summed E-state index contributed by atoms with van der Waals surface area (Å²) >= 11 is 6.02. The van der Waals surface area contributed by atoms with Gasteiger partial charge in [-0.15, -0.1) is 0 Å². The Morgan fingerprint density at radius 3 is 2.80 bits per heavy atom. The van der Waals surface area contributed by atoms with Crippen molar-refractivity contribution >= 4 is 29.7 Å². The predicted octanol–water partition coefficient (Wildman–Crippen LogP) is 2.36. The molecule has 0 aromatic carbocycles. The molecule has 0 aliphatic carbocycles. The van der Waals surface area contributed by atoms with Crippen molar-refractivity contribution in [3.8, 4) is 0 Å². The number of ether oxygens (including phenoxy) is 1. The third kappa shape index (κ3) is 4.83. The molecule has 25 heavy (non-hydrogen) atoms. The van der Waals surface area contributed by atoms with Crippen molar-refractivity contribution in [3.05, 3.63) is 23.0 Å². The zero-order chi connectivity index (χ0) is 18.6. The molecule has 0 bridgehead atoms. The van der Waals surface area contributed by atoms with Crippen LogP contribution < -0.4 is 4.90 Å². The summed E-state index contributed by atoms with van der Waals surface area (Å²) in [7, 11) is 0. The molecule has 1 aromatic heterocycles. The molecule has 1 aliphatic heterocycles. The maximum absolute atomic E-state index is 12.3. The number of aromatic nitrogens is 1. The molecule has 1 N–H and O–H groups in total. The van der Waals surface area contributed by atoms with Gasteiger partial charge in [0.25, 0.3) is 0 Å². The van der Waals surface area contributed by atoms with E-state index in [-0.39, 0.29) is 23.9 Å². The number of aliphatic hydroxyl groups excluding tert-OH is 1. The molecule has 1 saturated heterocycles. The van der Waals surface area contributed by atoms with E-state index in [1.807, 2.05) is 25.7 Å². The summed E-state index contributed by atoms with van der Waals surface area (Å²) in [6.45, 7) is 6.79. The molecular weight excluding hydrogens is 346 g/mol. The summed E-state index contributed by atoms with van der Waals surface area (Å²) in [6.07, 6.45) is 2.30. The molecule has 1 aliphatic rings. The van der Waals surface area contributed by atoms with Crippen LogP contribution in [0.1, 0.15) is 37.6 Å². The van der Waals surface area contributed by atoms with Gasteiger partial charge in [-0.1, -0.05) is 11.6 Å². The minimum absolute atomic E-state index is 0.0292. The van der Waals surface area contributed by atoms with Gasteiger partial charge in [0.1, 0.15) is 10.8 Å². The number of rotatable bonds is 4. The van der Waals surface area contributed by atoms with E-state index in [1.54, 1.807) is 17.2 Å². The van der Waals surface area contributed by atoms with E-state index in [0.29, 0.717) is 43.6 Å². The fourth-order valence-electron chi connectivity index (χ4n) is 2.86. The lowest BCUT2D eigenvalue weighted by Gasteiger charge is -2.43. The summed E-state index contributed by atoms with van der Waals surface area (Å²) in [5.41, 5.74) is 0.416. The van der Waals surface area contributed by atoms with Gasteiger partial charge in [-0.25, -0.2) is 9.78 Å². The van der Waals surface area contributed by atoms with Crippen LogP contribution in [0.4, 0.5) is 10.5 Å². The van der Waals surface area contributed by atoms with Crippen LogP contribution in [0, 0.1) is 0 Å². The van der Waals surface area contributed by atoms with Gasteiger partial charge in [0, 0.05) is 38.5 Å². The highest BCUT2D eigenvalue weighted by Gasteiger charge is 2.33. The Morgan fingerprint density at radius 1 is 1.48 bits per heavy atom. The number of pyridine rings is 1. The third-order valence-electron chi connectivity index (χ3n) is 3.94. The number of halogens is 1. The molecule has 0 unspecified atom stereocenters. The normalized spacial score (nSPS) is 18.2. The monoisotopic (exact) mass is 369 g/mol. The van der Waals surface area contributed by atoms with E-state index in [4.69, 9.17) is 16.3 Å². The zero-order valence-electron chi connectivity index (χ0n) is 14.7. The van der Waals surface area contributed by atoms with E-state index in [0.717, 1.165) is 0 Å². The van der Waals surface area contributed by atoms with Gasteiger partial charge in [0.2, 0.25) is 0 Å². The zero-order valence-corrected chi connectivity index (χ0v) is 15.5. The van der Waals surface area contributed by atoms with Crippen LogP contribution in [0.25, 0.3) is 0 Å². The van der Waals surface area contributed by atoms with Crippen molar-refractivity contribution < 1.29 is 19.4 Å². The lowest BCUT2D eigenvalue weighted by atomic mass is 10.1. The summed E-state index contributed by atoms with van der Waals surface area (Å²) in [4.78, 5) is 31.3. The van der Waals surface area contributed by atoms with Crippen LogP contribution in [0.3, 0.4) is 0 Å². The molecule has 7 nitrogen and oxygen atoms in total. The number of anilines is 1. The number of hydrogen-bond donors (Lipinski definition) is 1. The Morgan fingerprint density at radius 2 is 2.20 bits per heavy atom. The highest BCUT2D eigenvalue weighted by atomic mass is 35.5. The largest absolute Gasteiger partial charge is 0.444 e. The van der Waals surface area contributed by atoms with Gasteiger partial charge >= 0.3 is 6.09 Å². The maximum Gasteiger partial charge on any atom is 0.410 e. The molecule has 0 radical (unpaired) electrons. The number of amides is 1. The van der Waals surface area contributed by atoms with Crippen molar-refractivity contribution in [2.45, 2.75) is 38.8 Å². The molecule has 1 aromatic rings. The standard InChI is InChI=1S/C17H24ClN3O4/c1-17(2,3)25-16(24)20-7-8-21(12(10-20)5-9-22)14-4-6-19-15(18)13(14)11-23/h4,6,11-12,22H,5,7-10H2,1-3H3/t12-/m0/s1. The number of aldehydes is 1. The topological polar surface area (TPSA) is 83.0 Å². The smallest absolute Gasteiger partial charge is 0.410 e. The number of piperazine rings is 1. The maximum atomic E-state index is 12.3. The Balaban J connectivity index is 2.21. The molecular formula is C17H24ClN3O4. The van der Waals surface area contributed by atoms with E-state index >= 15 is 0 Å². The van der Waals surface area contributed by atoms with Crippen LogP contribution in [-0.4, -0.2) is 65.3 Å². The number of aliphatic hydroxyl groups is 1. The molecule has 1 atom stereocenters. The number of carbonyl (C=O) groups excluding carboxylic acids is 2. The Bertz CT molecular complexity index is 633. The second kappa shape index (κ2) is 8.01. The Hall–Kier alpha value is -1.86. The molecule has 8 heteroatoms. The van der Waals surface area contributed by atoms with Crippen LogP contribution in [0.15, 0.2) is 12.3 Å². The van der Waals surface area contributed by atoms with Crippen molar-refractivity contribution in [3.63, 3.8) is 0 Å². The van der Waals surface area contributed by atoms with Crippen molar-refractivity contribution in [1.82, 2.24) is 9.88 Å². The second-order valence-electron chi connectivity index (χ2n) is 6.94. The Labute approximate surface area is 152 Å². The van der Waals surface area contributed by atoms with E-state index in [2.05, 4.69) is 4.98 Å². The van der Waals surface area contributed by atoms with E-state index < -0.39 is 5.60 Å². The minimum atomic E-state index is -0.565. The third-order valence-corrected chi connectivity index (χ3v) is 4.24. The molecule has 0 spiro atoms. The predicted molar refractivity (Wildman–Crippen MR) is 95.3 cm³/mol. The van der Waals surface area contributed by atoms with Gasteiger partial charge in [-0.3, -0.25) is 4.79 Å². The van der Waals surface area contributed by atoms with Crippen molar-refractivity contribution in [1.29, 1.82) is 0 Å². The number of carbonyl (C=O) groups is 2. The van der Waals surface area contributed by atoms with Gasteiger partial charge in [-0.2, -0.15) is 0 Å². The molecule has 138 valence electrons. The van der Waals surface area contributed by atoms with Gasteiger partial charge in [-0.05, 0) is 33.3 Å². The fraction of sp³-hybridized carbons (Fsp3) is 0.588. The lowest BCUT2D eigenvalue weighted by Crippen LogP contribution is -2.56. The van der Waals surface area contributed by atoms with Crippen LogP contribution in [0.5, 0.6) is 0 Å². The average Bonchev–Trinajstić information content (AvgIpc) is 2.53. The average molecular weight is 370 g/mol. The molecule has 1 amide bonds. The summed E-state index contributed by atoms with van der Waals surface area (Å²) in [6, 6.07) is 1.58. The fourth-order valence-corrected chi connectivity index (χ4v) is 3.06. The van der Waals surface area contributed by atoms with E-state index in [9.17, 15) is 14.7 Å². The minimum Gasteiger partial charge on any atom is -0.444 e. The van der Waals surface area contributed by atoms with Gasteiger partial charge in [0.05, 0.1) is 11.3 Å². The summed E-state index contributed by atoms with van der Waals surface area (Å²) < 4.78 is 5.43. The highest BCUT2D eigenvalue weighted by Crippen LogP contribution is 2.29. The Kier molecular flexibility index (Phi) is 6.24. The van der Waals surface area contributed by atoms with Crippen LogP contribution in [-0.2, 0) is 4.74 Å². The van der Waals surface area contributed by atoms with Crippen molar-refractivity contribution in [2.24, 2.45) is 0 Å². The van der Waals surface area contributed by atoms with E-state index in [1.165, 1.54) is 0 Å². The lowest BCUT2D eigenvalue weighted by molar-refractivity contribution is 0.0207. The van der Waals surface area contributed by atoms with Gasteiger partial charge in [0.15, 0.2) is 6.29 Å². The first kappa shape index (κ1) is 19.5. The van der Waals surface area contributed by atoms with Gasteiger partial charge < -0.3 is 19.6 Å². The SMILES string of the molecule is CC(C)(C)OC(=O)N1CCN(c2ccnc(Cl)c2C=O)[C@@H](CCO)C1. The first-order chi connectivity index (χ1) is 11.8. The van der Waals surface area contributed by atoms with Crippen LogP contribution in [0.2, 0.25) is 5.15 Å². The highest BCUT2D eigenvalue weighted by molar-refractivity contribution is 6.32. The van der Waals surface area contributed by atoms with Crippen molar-refractivity contribution in [2.75, 3.05) is 31.1 Å². The van der Waals surface area contributed by atoms with Crippen LogP contribution >= 0.6 is 11.6 Å². The number of nitrogens with zero attached hydrogens (tertiary/aromatic N) is 3. The molecule has 0 saturated carbocycles.